The molecule has 0 aliphatic carbocycles. The monoisotopic (exact) mass is 425 g/mol. The van der Waals surface area contributed by atoms with Crippen molar-refractivity contribution in [1.82, 2.24) is 19.5 Å². The minimum atomic E-state index is -0.360. The molecular weight excluding hydrogens is 405 g/mol. The zero-order valence-corrected chi connectivity index (χ0v) is 17.2. The van der Waals surface area contributed by atoms with Gasteiger partial charge < -0.3 is 10.2 Å². The summed E-state index contributed by atoms with van der Waals surface area (Å²) >= 11 is 1.12. The van der Waals surface area contributed by atoms with Gasteiger partial charge in [0, 0.05) is 36.6 Å². The maximum absolute atomic E-state index is 13.0. The number of rotatable bonds is 4. The van der Waals surface area contributed by atoms with Crippen LogP contribution in [0, 0.1) is 12.7 Å². The fourth-order valence-electron chi connectivity index (χ4n) is 3.49. The Kier molecular flexibility index (Phi) is 5.80. The van der Waals surface area contributed by atoms with Crippen molar-refractivity contribution >= 4 is 29.0 Å². The Morgan fingerprint density at radius 2 is 2.00 bits per heavy atom. The number of nitrogens with one attached hydrogen (secondary N) is 1. The van der Waals surface area contributed by atoms with Crippen LogP contribution in [0.1, 0.15) is 50.2 Å². The number of nitrogens with zero attached hydrogens (tertiary/aromatic N) is 4. The molecule has 3 aromatic rings. The maximum Gasteiger partial charge on any atom is 0.267 e. The van der Waals surface area contributed by atoms with Crippen LogP contribution in [-0.2, 0) is 0 Å². The number of hydrogen-bond donors (Lipinski definition) is 1. The van der Waals surface area contributed by atoms with Gasteiger partial charge in [-0.1, -0.05) is 4.49 Å². The summed E-state index contributed by atoms with van der Waals surface area (Å²) in [6.45, 7) is 3.06. The zero-order chi connectivity index (χ0) is 21.1. The minimum absolute atomic E-state index is 0.0394. The van der Waals surface area contributed by atoms with Crippen LogP contribution < -0.4 is 5.32 Å². The van der Waals surface area contributed by atoms with E-state index < -0.39 is 0 Å². The average Bonchev–Trinajstić information content (AvgIpc) is 3.21. The number of anilines is 1. The predicted octanol–water partition coefficient (Wildman–Crippen LogP) is 3.65. The molecule has 0 spiro atoms. The Balaban J connectivity index is 1.42. The van der Waals surface area contributed by atoms with Crippen molar-refractivity contribution in [1.29, 1.82) is 0 Å². The molecule has 3 heterocycles. The number of benzene rings is 1. The Morgan fingerprint density at radius 1 is 1.20 bits per heavy atom. The highest BCUT2D eigenvalue weighted by Gasteiger charge is 2.28. The van der Waals surface area contributed by atoms with Gasteiger partial charge in [0.15, 0.2) is 0 Å². The van der Waals surface area contributed by atoms with E-state index in [1.807, 2.05) is 11.0 Å². The summed E-state index contributed by atoms with van der Waals surface area (Å²) in [5.41, 5.74) is 2.43. The molecule has 154 valence electrons. The van der Waals surface area contributed by atoms with E-state index in [0.29, 0.717) is 34.9 Å². The molecule has 0 bridgehead atoms. The van der Waals surface area contributed by atoms with Gasteiger partial charge in [-0.2, -0.15) is 0 Å². The van der Waals surface area contributed by atoms with Crippen LogP contribution in [0.5, 0.6) is 0 Å². The quantitative estimate of drug-likeness (QED) is 0.689. The normalized spacial score (nSPS) is 16.3. The molecule has 30 heavy (non-hydrogen) atoms. The molecule has 0 saturated carbocycles. The van der Waals surface area contributed by atoms with Crippen molar-refractivity contribution in [3.05, 3.63) is 70.2 Å². The number of halogens is 1. The van der Waals surface area contributed by atoms with E-state index >= 15 is 0 Å². The van der Waals surface area contributed by atoms with Crippen LogP contribution in [-0.4, -0.2) is 44.4 Å². The highest BCUT2D eigenvalue weighted by Crippen LogP contribution is 2.27. The van der Waals surface area contributed by atoms with Gasteiger partial charge in [0.05, 0.1) is 11.3 Å². The number of hydrogen-bond acceptors (Lipinski definition) is 6. The number of carbonyl (C=O) groups excluding carboxylic acids is 2. The lowest BCUT2D eigenvalue weighted by molar-refractivity contribution is 0.0710. The fourth-order valence-corrected chi connectivity index (χ4v) is 4.12. The molecule has 4 rings (SSSR count). The second-order valence-corrected chi connectivity index (χ2v) is 7.96. The number of pyridine rings is 1. The van der Waals surface area contributed by atoms with E-state index in [1.165, 1.54) is 30.5 Å². The predicted molar refractivity (Wildman–Crippen MR) is 111 cm³/mol. The third kappa shape index (κ3) is 4.35. The Morgan fingerprint density at radius 3 is 2.67 bits per heavy atom. The third-order valence-electron chi connectivity index (χ3n) is 5.12. The highest BCUT2D eigenvalue weighted by atomic mass is 32.1. The average molecular weight is 425 g/mol. The molecule has 1 aliphatic rings. The van der Waals surface area contributed by atoms with Crippen molar-refractivity contribution in [2.45, 2.75) is 25.7 Å². The molecular formula is C21H20FN5O2S. The van der Waals surface area contributed by atoms with Crippen molar-refractivity contribution in [2.24, 2.45) is 0 Å². The van der Waals surface area contributed by atoms with Crippen molar-refractivity contribution in [3.8, 4) is 0 Å². The van der Waals surface area contributed by atoms with Gasteiger partial charge in [0.2, 0.25) is 0 Å². The van der Waals surface area contributed by atoms with E-state index in [-0.39, 0.29) is 23.5 Å². The number of likely N-dealkylation sites (tertiary alicyclic amines) is 1. The van der Waals surface area contributed by atoms with Gasteiger partial charge in [-0.15, -0.1) is 5.10 Å². The summed E-state index contributed by atoms with van der Waals surface area (Å²) in [7, 11) is 0. The molecule has 1 aromatic carbocycles. The Hall–Kier alpha value is -3.20. The second-order valence-electron chi connectivity index (χ2n) is 7.21. The summed E-state index contributed by atoms with van der Waals surface area (Å²) in [5, 5.41) is 6.64. The van der Waals surface area contributed by atoms with Crippen LogP contribution in [0.2, 0.25) is 0 Å². The minimum Gasteiger partial charge on any atom is -0.337 e. The number of aromatic nitrogens is 3. The molecule has 0 radical (unpaired) electrons. The first-order chi connectivity index (χ1) is 14.5. The van der Waals surface area contributed by atoms with E-state index in [4.69, 9.17) is 0 Å². The fraction of sp³-hybridized carbons (Fsp3) is 0.286. The summed E-state index contributed by atoms with van der Waals surface area (Å²) < 4.78 is 16.8. The number of piperidine rings is 1. The molecule has 2 aromatic heterocycles. The first kappa shape index (κ1) is 20.1. The molecule has 7 nitrogen and oxygen atoms in total. The molecule has 1 saturated heterocycles. The van der Waals surface area contributed by atoms with Gasteiger partial charge in [0.1, 0.15) is 10.7 Å². The van der Waals surface area contributed by atoms with Gasteiger partial charge in [-0.25, -0.2) is 4.39 Å². The largest absolute Gasteiger partial charge is 0.337 e. The van der Waals surface area contributed by atoms with Crippen molar-refractivity contribution < 1.29 is 14.0 Å². The first-order valence-electron chi connectivity index (χ1n) is 9.62. The standard InChI is InChI=1S/C21H20FN5O2S/c1-13-19(30-26-25-13)21(29)27-10-2-3-15(12-27)18-9-4-14(11-23-18)20(28)24-17-7-5-16(22)6-8-17/h4-9,11,15H,2-3,10,12H2,1H3,(H,24,28)/t15-/m0/s1. The van der Waals surface area contributed by atoms with E-state index in [1.54, 1.807) is 13.0 Å². The lowest BCUT2D eigenvalue weighted by Gasteiger charge is -2.32. The van der Waals surface area contributed by atoms with E-state index in [9.17, 15) is 14.0 Å². The molecule has 1 aliphatic heterocycles. The lowest BCUT2D eigenvalue weighted by atomic mass is 9.94. The van der Waals surface area contributed by atoms with E-state index in [2.05, 4.69) is 19.9 Å². The molecule has 9 heteroatoms. The van der Waals surface area contributed by atoms with Gasteiger partial charge >= 0.3 is 0 Å². The smallest absolute Gasteiger partial charge is 0.267 e. The Bertz CT molecular complexity index is 1050. The molecule has 1 fully saturated rings. The van der Waals surface area contributed by atoms with Gasteiger partial charge in [-0.05, 0) is 67.7 Å². The summed E-state index contributed by atoms with van der Waals surface area (Å²) in [6.07, 6.45) is 3.35. The topological polar surface area (TPSA) is 88.1 Å². The lowest BCUT2D eigenvalue weighted by Crippen LogP contribution is -2.39. The maximum atomic E-state index is 13.0. The van der Waals surface area contributed by atoms with Crippen LogP contribution >= 0.6 is 11.5 Å². The van der Waals surface area contributed by atoms with Crippen LogP contribution in [0.4, 0.5) is 10.1 Å². The van der Waals surface area contributed by atoms with Crippen molar-refractivity contribution in [3.63, 3.8) is 0 Å². The zero-order valence-electron chi connectivity index (χ0n) is 16.3. The van der Waals surface area contributed by atoms with Crippen LogP contribution in [0.25, 0.3) is 0 Å². The van der Waals surface area contributed by atoms with Gasteiger partial charge in [-0.3, -0.25) is 14.6 Å². The molecule has 1 atom stereocenters. The molecule has 2 amide bonds. The molecule has 1 N–H and O–H groups in total. The van der Waals surface area contributed by atoms with Crippen molar-refractivity contribution in [2.75, 3.05) is 18.4 Å². The molecule has 0 unspecified atom stereocenters. The highest BCUT2D eigenvalue weighted by molar-refractivity contribution is 7.07. The van der Waals surface area contributed by atoms with E-state index in [0.717, 1.165) is 30.1 Å². The van der Waals surface area contributed by atoms with Gasteiger partial charge in [0.25, 0.3) is 11.8 Å². The number of carbonyl (C=O) groups is 2. The van der Waals surface area contributed by atoms with Crippen LogP contribution in [0.3, 0.4) is 0 Å². The third-order valence-corrected chi connectivity index (χ3v) is 5.94. The second kappa shape index (κ2) is 8.66. The van der Waals surface area contributed by atoms with Crippen LogP contribution in [0.15, 0.2) is 42.6 Å². The Labute approximate surface area is 177 Å². The SMILES string of the molecule is Cc1nnsc1C(=O)N1CCC[C@H](c2ccc(C(=O)Nc3ccc(F)cc3)cn2)C1. The summed E-state index contributed by atoms with van der Waals surface area (Å²) in [4.78, 5) is 32.0. The number of aryl methyl sites for hydroxylation is 1. The number of amides is 2. The first-order valence-corrected chi connectivity index (χ1v) is 10.4. The summed E-state index contributed by atoms with van der Waals surface area (Å²) in [5.74, 6) is -0.601. The summed E-state index contributed by atoms with van der Waals surface area (Å²) in [6, 6.07) is 9.14.